The van der Waals surface area contributed by atoms with Gasteiger partial charge in [-0.1, -0.05) is 12.1 Å². The minimum absolute atomic E-state index is 0.291. The van der Waals surface area contributed by atoms with E-state index in [-0.39, 0.29) is 12.6 Å². The summed E-state index contributed by atoms with van der Waals surface area (Å²) in [5.41, 5.74) is 6.27. The molecule has 7 heteroatoms. The van der Waals surface area contributed by atoms with Crippen LogP contribution in [-0.2, 0) is 9.59 Å². The molecule has 0 radical (unpaired) electrons. The van der Waals surface area contributed by atoms with E-state index in [4.69, 9.17) is 5.73 Å². The highest BCUT2D eigenvalue weighted by atomic mass is 32.1. The van der Waals surface area contributed by atoms with E-state index in [1.165, 1.54) is 11.3 Å². The van der Waals surface area contributed by atoms with Gasteiger partial charge in [0, 0.05) is 13.1 Å². The number of alkyl halides is 1. The fourth-order valence-corrected chi connectivity index (χ4v) is 4.21. The van der Waals surface area contributed by atoms with E-state index < -0.39 is 11.8 Å². The second kappa shape index (κ2) is 7.25. The Balaban J connectivity index is 1.78. The molecule has 1 saturated heterocycles. The molecule has 2 N–H and O–H groups in total. The van der Waals surface area contributed by atoms with Crippen LogP contribution in [0, 0.1) is 5.92 Å². The van der Waals surface area contributed by atoms with Crippen molar-refractivity contribution in [3.05, 3.63) is 29.3 Å². The number of primary amides is 1. The van der Waals surface area contributed by atoms with Crippen molar-refractivity contribution < 1.29 is 14.0 Å². The summed E-state index contributed by atoms with van der Waals surface area (Å²) in [7, 11) is 0. The number of nitrogens with two attached hydrogens (primary N) is 1. The van der Waals surface area contributed by atoms with E-state index in [1.807, 2.05) is 24.3 Å². The SMILES string of the molecule is NC(=O)C(C(=O)N1CCC(CCF)CC1)c1nc2ccccc2s1. The zero-order valence-electron chi connectivity index (χ0n) is 13.3. The highest BCUT2D eigenvalue weighted by molar-refractivity contribution is 7.18. The summed E-state index contributed by atoms with van der Waals surface area (Å²) in [5, 5.41) is 0.444. The number of aromatic nitrogens is 1. The third-order valence-electron chi connectivity index (χ3n) is 4.53. The number of benzene rings is 1. The summed E-state index contributed by atoms with van der Waals surface area (Å²) < 4.78 is 13.4. The highest BCUT2D eigenvalue weighted by Crippen LogP contribution is 2.30. The zero-order valence-corrected chi connectivity index (χ0v) is 14.1. The van der Waals surface area contributed by atoms with Gasteiger partial charge in [-0.05, 0) is 37.3 Å². The van der Waals surface area contributed by atoms with Crippen molar-refractivity contribution in [3.63, 3.8) is 0 Å². The quantitative estimate of drug-likeness (QED) is 0.843. The number of amides is 2. The summed E-state index contributed by atoms with van der Waals surface area (Å²) in [6, 6.07) is 7.51. The number of carbonyl (C=O) groups is 2. The molecule has 1 fully saturated rings. The van der Waals surface area contributed by atoms with Crippen LogP contribution in [0.1, 0.15) is 30.2 Å². The second-order valence-electron chi connectivity index (χ2n) is 6.10. The molecule has 1 aromatic heterocycles. The summed E-state index contributed by atoms with van der Waals surface area (Å²) >= 11 is 1.33. The predicted octanol–water partition coefficient (Wildman–Crippen LogP) is 2.46. The Morgan fingerprint density at radius 1 is 1.33 bits per heavy atom. The number of piperidine rings is 1. The van der Waals surface area contributed by atoms with Crippen LogP contribution in [0.2, 0.25) is 0 Å². The summed E-state index contributed by atoms with van der Waals surface area (Å²) in [6.07, 6.45) is 2.07. The van der Waals surface area contributed by atoms with Gasteiger partial charge in [-0.25, -0.2) is 4.98 Å². The first kappa shape index (κ1) is 16.8. The lowest BCUT2D eigenvalue weighted by molar-refractivity contribution is -0.138. The van der Waals surface area contributed by atoms with Gasteiger partial charge < -0.3 is 10.6 Å². The van der Waals surface area contributed by atoms with E-state index in [0.717, 1.165) is 23.1 Å². The average molecular weight is 349 g/mol. The van der Waals surface area contributed by atoms with Crippen molar-refractivity contribution in [1.82, 2.24) is 9.88 Å². The minimum Gasteiger partial charge on any atom is -0.369 e. The van der Waals surface area contributed by atoms with Gasteiger partial charge in [-0.15, -0.1) is 11.3 Å². The van der Waals surface area contributed by atoms with Crippen LogP contribution in [0.25, 0.3) is 10.2 Å². The molecule has 1 atom stereocenters. The molecular weight excluding hydrogens is 329 g/mol. The molecule has 3 rings (SSSR count). The van der Waals surface area contributed by atoms with Crippen molar-refractivity contribution in [2.24, 2.45) is 11.7 Å². The van der Waals surface area contributed by atoms with Crippen molar-refractivity contribution in [1.29, 1.82) is 0 Å². The topological polar surface area (TPSA) is 76.3 Å². The van der Waals surface area contributed by atoms with E-state index in [2.05, 4.69) is 4.98 Å². The lowest BCUT2D eigenvalue weighted by Gasteiger charge is -2.33. The molecule has 2 aromatic rings. The monoisotopic (exact) mass is 349 g/mol. The van der Waals surface area contributed by atoms with Crippen LogP contribution in [0.4, 0.5) is 4.39 Å². The maximum atomic E-state index is 12.8. The number of hydrogen-bond acceptors (Lipinski definition) is 4. The molecule has 0 spiro atoms. The predicted molar refractivity (Wildman–Crippen MR) is 91.5 cm³/mol. The lowest BCUT2D eigenvalue weighted by Crippen LogP contribution is -2.44. The standard InChI is InChI=1S/C17H20FN3O2S/c18-8-5-11-6-9-21(10-7-11)17(23)14(15(19)22)16-20-12-3-1-2-4-13(12)24-16/h1-4,11,14H,5-10H2,(H2,19,22). The Hall–Kier alpha value is -2.02. The lowest BCUT2D eigenvalue weighted by atomic mass is 9.93. The van der Waals surface area contributed by atoms with Crippen molar-refractivity contribution in [2.45, 2.75) is 25.2 Å². The summed E-state index contributed by atoms with van der Waals surface area (Å²) in [4.78, 5) is 30.8. The van der Waals surface area contributed by atoms with Gasteiger partial charge in [-0.2, -0.15) is 0 Å². The summed E-state index contributed by atoms with van der Waals surface area (Å²) in [6.45, 7) is 0.755. The number of carbonyl (C=O) groups excluding carboxylic acids is 2. The maximum absolute atomic E-state index is 12.8. The third kappa shape index (κ3) is 3.40. The zero-order chi connectivity index (χ0) is 17.1. The Morgan fingerprint density at radius 3 is 2.67 bits per heavy atom. The molecule has 0 saturated carbocycles. The number of para-hydroxylation sites is 1. The number of likely N-dealkylation sites (tertiary alicyclic amines) is 1. The highest BCUT2D eigenvalue weighted by Gasteiger charge is 2.35. The van der Waals surface area contributed by atoms with E-state index in [9.17, 15) is 14.0 Å². The van der Waals surface area contributed by atoms with Crippen LogP contribution in [-0.4, -0.2) is 41.5 Å². The van der Waals surface area contributed by atoms with Gasteiger partial charge >= 0.3 is 0 Å². The molecule has 24 heavy (non-hydrogen) atoms. The second-order valence-corrected chi connectivity index (χ2v) is 7.16. The Kier molecular flexibility index (Phi) is 5.08. The smallest absolute Gasteiger partial charge is 0.242 e. The number of rotatable bonds is 5. The molecule has 5 nitrogen and oxygen atoms in total. The average Bonchev–Trinajstić information content (AvgIpc) is 2.98. The van der Waals surface area contributed by atoms with Crippen LogP contribution in [0.5, 0.6) is 0 Å². The van der Waals surface area contributed by atoms with Crippen molar-refractivity contribution in [3.8, 4) is 0 Å². The molecule has 1 aliphatic rings. The molecule has 1 unspecified atom stereocenters. The van der Waals surface area contributed by atoms with E-state index in [1.54, 1.807) is 4.90 Å². The molecule has 128 valence electrons. The first-order valence-electron chi connectivity index (χ1n) is 8.09. The number of fused-ring (bicyclic) bond motifs is 1. The maximum Gasteiger partial charge on any atom is 0.242 e. The van der Waals surface area contributed by atoms with Gasteiger partial charge in [-0.3, -0.25) is 14.0 Å². The Bertz CT molecular complexity index is 707. The summed E-state index contributed by atoms with van der Waals surface area (Å²) in [5.74, 6) is -1.70. The van der Waals surface area contributed by atoms with E-state index in [0.29, 0.717) is 30.4 Å². The van der Waals surface area contributed by atoms with Crippen LogP contribution < -0.4 is 5.73 Å². The normalized spacial score (nSPS) is 17.1. The third-order valence-corrected chi connectivity index (χ3v) is 5.63. The Morgan fingerprint density at radius 2 is 2.04 bits per heavy atom. The van der Waals surface area contributed by atoms with Crippen LogP contribution >= 0.6 is 11.3 Å². The van der Waals surface area contributed by atoms with Gasteiger partial charge in [0.25, 0.3) is 0 Å². The number of nitrogens with zero attached hydrogens (tertiary/aromatic N) is 2. The number of halogens is 1. The van der Waals surface area contributed by atoms with Crippen molar-refractivity contribution in [2.75, 3.05) is 19.8 Å². The molecular formula is C17H20FN3O2S. The molecule has 0 bridgehead atoms. The fourth-order valence-electron chi connectivity index (χ4n) is 3.14. The molecule has 1 aromatic carbocycles. The molecule has 1 aliphatic heterocycles. The number of thiazole rings is 1. The minimum atomic E-state index is -1.04. The number of hydrogen-bond donors (Lipinski definition) is 1. The fraction of sp³-hybridized carbons (Fsp3) is 0.471. The van der Waals surface area contributed by atoms with Gasteiger partial charge in [0.15, 0.2) is 5.92 Å². The molecule has 2 heterocycles. The first-order valence-corrected chi connectivity index (χ1v) is 8.91. The molecule has 0 aliphatic carbocycles. The Labute approximate surface area is 143 Å². The molecule has 2 amide bonds. The largest absolute Gasteiger partial charge is 0.369 e. The van der Waals surface area contributed by atoms with Gasteiger partial charge in [0.05, 0.1) is 16.9 Å². The van der Waals surface area contributed by atoms with Gasteiger partial charge in [0.1, 0.15) is 5.01 Å². The van der Waals surface area contributed by atoms with Crippen LogP contribution in [0.3, 0.4) is 0 Å². The van der Waals surface area contributed by atoms with Crippen LogP contribution in [0.15, 0.2) is 24.3 Å². The first-order chi connectivity index (χ1) is 11.6. The van der Waals surface area contributed by atoms with E-state index >= 15 is 0 Å². The van der Waals surface area contributed by atoms with Gasteiger partial charge in [0.2, 0.25) is 11.8 Å². The van der Waals surface area contributed by atoms with Crippen molar-refractivity contribution >= 4 is 33.4 Å².